The van der Waals surface area contributed by atoms with Crippen molar-refractivity contribution >= 4 is 34.3 Å². The normalized spacial score (nSPS) is 10.7. The second kappa shape index (κ2) is 8.08. The number of hydrogen-bond acceptors (Lipinski definition) is 5. The van der Waals surface area contributed by atoms with Crippen molar-refractivity contribution in [3.8, 4) is 11.3 Å². The smallest absolute Gasteiger partial charge is 0.255 e. The lowest BCUT2D eigenvalue weighted by molar-refractivity contribution is 0.102. The summed E-state index contributed by atoms with van der Waals surface area (Å²) in [5.41, 5.74) is 5.65. The van der Waals surface area contributed by atoms with Gasteiger partial charge in [-0.1, -0.05) is 30.3 Å². The van der Waals surface area contributed by atoms with E-state index in [1.807, 2.05) is 66.7 Å². The Morgan fingerprint density at radius 2 is 1.71 bits per heavy atom. The number of carbonyl (C=O) groups excluding carboxylic acids is 1. The van der Waals surface area contributed by atoms with Crippen LogP contribution in [0, 0.1) is 0 Å². The minimum absolute atomic E-state index is 0.162. The Labute approximate surface area is 178 Å². The van der Waals surface area contributed by atoms with Gasteiger partial charge in [0.25, 0.3) is 5.91 Å². The van der Waals surface area contributed by atoms with Gasteiger partial charge in [0.05, 0.1) is 23.1 Å². The fourth-order valence-electron chi connectivity index (χ4n) is 3.27. The van der Waals surface area contributed by atoms with Crippen LogP contribution in [0.4, 0.5) is 17.3 Å². The number of imidazole rings is 1. The molecule has 0 saturated heterocycles. The molecule has 1 amide bonds. The van der Waals surface area contributed by atoms with Gasteiger partial charge in [0.1, 0.15) is 0 Å². The molecule has 150 valence electrons. The maximum Gasteiger partial charge on any atom is 0.255 e. The molecule has 2 aromatic heterocycles. The molecule has 3 N–H and O–H groups in total. The SMILES string of the molecule is O=C(Nc1cccc(Nc2nccc(-c3ccc4[nH]cnc4c3)n2)c1)c1ccccc1. The summed E-state index contributed by atoms with van der Waals surface area (Å²) >= 11 is 0. The lowest BCUT2D eigenvalue weighted by Crippen LogP contribution is -2.11. The van der Waals surface area contributed by atoms with Crippen molar-refractivity contribution in [2.24, 2.45) is 0 Å². The second-order valence-electron chi connectivity index (χ2n) is 6.93. The number of aromatic amines is 1. The van der Waals surface area contributed by atoms with Gasteiger partial charge >= 0.3 is 0 Å². The molecule has 3 aromatic carbocycles. The lowest BCUT2D eigenvalue weighted by atomic mass is 10.1. The zero-order chi connectivity index (χ0) is 21.0. The Hall–Kier alpha value is -4.52. The molecule has 7 nitrogen and oxygen atoms in total. The highest BCUT2D eigenvalue weighted by Gasteiger charge is 2.08. The molecule has 2 heterocycles. The molecular formula is C24H18N6O. The van der Waals surface area contributed by atoms with E-state index in [0.717, 1.165) is 28.0 Å². The molecule has 0 aliphatic carbocycles. The number of rotatable bonds is 5. The van der Waals surface area contributed by atoms with Gasteiger partial charge in [-0.25, -0.2) is 15.0 Å². The average Bonchev–Trinajstić information content (AvgIpc) is 3.28. The van der Waals surface area contributed by atoms with Crippen molar-refractivity contribution in [2.75, 3.05) is 10.6 Å². The van der Waals surface area contributed by atoms with Crippen LogP contribution in [0.1, 0.15) is 10.4 Å². The van der Waals surface area contributed by atoms with Crippen LogP contribution in [0.25, 0.3) is 22.3 Å². The summed E-state index contributed by atoms with van der Waals surface area (Å²) in [6.07, 6.45) is 3.38. The number of amides is 1. The molecule has 0 spiro atoms. The van der Waals surface area contributed by atoms with Crippen molar-refractivity contribution < 1.29 is 4.79 Å². The van der Waals surface area contributed by atoms with Gasteiger partial charge < -0.3 is 15.6 Å². The van der Waals surface area contributed by atoms with Crippen LogP contribution < -0.4 is 10.6 Å². The molecule has 0 radical (unpaired) electrons. The number of hydrogen-bond donors (Lipinski definition) is 3. The minimum Gasteiger partial charge on any atom is -0.345 e. The number of benzene rings is 3. The maximum atomic E-state index is 12.4. The third kappa shape index (κ3) is 4.11. The van der Waals surface area contributed by atoms with Gasteiger partial charge in [-0.05, 0) is 48.5 Å². The second-order valence-corrected chi connectivity index (χ2v) is 6.93. The van der Waals surface area contributed by atoms with Crippen molar-refractivity contribution in [1.82, 2.24) is 19.9 Å². The first-order valence-electron chi connectivity index (χ1n) is 9.75. The van der Waals surface area contributed by atoms with E-state index in [9.17, 15) is 4.79 Å². The fraction of sp³-hybridized carbons (Fsp3) is 0. The quantitative estimate of drug-likeness (QED) is 0.381. The van der Waals surface area contributed by atoms with Gasteiger partial charge in [-0.2, -0.15) is 0 Å². The first-order chi connectivity index (χ1) is 15.2. The van der Waals surface area contributed by atoms with Gasteiger partial charge in [0.15, 0.2) is 0 Å². The first kappa shape index (κ1) is 18.5. The van der Waals surface area contributed by atoms with Crippen LogP contribution in [0.5, 0.6) is 0 Å². The highest BCUT2D eigenvalue weighted by molar-refractivity contribution is 6.04. The molecule has 0 aliphatic rings. The van der Waals surface area contributed by atoms with Crippen LogP contribution in [0.3, 0.4) is 0 Å². The van der Waals surface area contributed by atoms with Gasteiger partial charge in [0, 0.05) is 28.7 Å². The molecule has 5 aromatic rings. The summed E-state index contributed by atoms with van der Waals surface area (Å²) in [5.74, 6) is 0.302. The molecule has 0 atom stereocenters. The zero-order valence-electron chi connectivity index (χ0n) is 16.4. The molecule has 0 fully saturated rings. The zero-order valence-corrected chi connectivity index (χ0v) is 16.4. The van der Waals surface area contributed by atoms with E-state index in [-0.39, 0.29) is 5.91 Å². The average molecular weight is 406 g/mol. The number of nitrogens with one attached hydrogen (secondary N) is 3. The Morgan fingerprint density at radius 1 is 0.839 bits per heavy atom. The molecule has 0 aliphatic heterocycles. The summed E-state index contributed by atoms with van der Waals surface area (Å²) in [6, 6.07) is 24.3. The van der Waals surface area contributed by atoms with E-state index in [0.29, 0.717) is 17.2 Å². The van der Waals surface area contributed by atoms with Crippen molar-refractivity contribution in [3.63, 3.8) is 0 Å². The van der Waals surface area contributed by atoms with Gasteiger partial charge in [-0.15, -0.1) is 0 Å². The van der Waals surface area contributed by atoms with E-state index in [1.54, 1.807) is 24.7 Å². The van der Waals surface area contributed by atoms with E-state index in [4.69, 9.17) is 0 Å². The Kier molecular flexibility index (Phi) is 4.82. The summed E-state index contributed by atoms with van der Waals surface area (Å²) in [6.45, 7) is 0. The van der Waals surface area contributed by atoms with Gasteiger partial charge in [0.2, 0.25) is 5.95 Å². The highest BCUT2D eigenvalue weighted by Crippen LogP contribution is 2.23. The van der Waals surface area contributed by atoms with Crippen LogP contribution in [0.2, 0.25) is 0 Å². The van der Waals surface area contributed by atoms with E-state index in [2.05, 4.69) is 30.6 Å². The Bertz CT molecular complexity index is 1360. The lowest BCUT2D eigenvalue weighted by Gasteiger charge is -2.10. The minimum atomic E-state index is -0.162. The predicted molar refractivity (Wildman–Crippen MR) is 121 cm³/mol. The van der Waals surface area contributed by atoms with E-state index >= 15 is 0 Å². The molecule has 0 bridgehead atoms. The number of carbonyl (C=O) groups is 1. The number of nitrogens with zero attached hydrogens (tertiary/aromatic N) is 3. The third-order valence-electron chi connectivity index (χ3n) is 4.79. The van der Waals surface area contributed by atoms with Crippen LogP contribution >= 0.6 is 0 Å². The van der Waals surface area contributed by atoms with Crippen molar-refractivity contribution in [1.29, 1.82) is 0 Å². The predicted octanol–water partition coefficient (Wildman–Crippen LogP) is 5.02. The molecule has 0 unspecified atom stereocenters. The topological polar surface area (TPSA) is 95.6 Å². The fourth-order valence-corrected chi connectivity index (χ4v) is 3.27. The molecule has 5 rings (SSSR count). The number of H-pyrrole nitrogens is 1. The molecule has 0 saturated carbocycles. The molecule has 7 heteroatoms. The van der Waals surface area contributed by atoms with Crippen LogP contribution in [-0.2, 0) is 0 Å². The van der Waals surface area contributed by atoms with Gasteiger partial charge in [-0.3, -0.25) is 4.79 Å². The van der Waals surface area contributed by atoms with Crippen LogP contribution in [-0.4, -0.2) is 25.8 Å². The number of fused-ring (bicyclic) bond motifs is 1. The largest absolute Gasteiger partial charge is 0.345 e. The Balaban J connectivity index is 1.35. The number of anilines is 3. The summed E-state index contributed by atoms with van der Waals surface area (Å²) < 4.78 is 0. The van der Waals surface area contributed by atoms with E-state index < -0.39 is 0 Å². The number of aromatic nitrogens is 4. The summed E-state index contributed by atoms with van der Waals surface area (Å²) in [4.78, 5) is 28.7. The first-order valence-corrected chi connectivity index (χ1v) is 9.75. The summed E-state index contributed by atoms with van der Waals surface area (Å²) in [5, 5.41) is 6.11. The van der Waals surface area contributed by atoms with Crippen LogP contribution in [0.15, 0.2) is 91.4 Å². The van der Waals surface area contributed by atoms with Crippen molar-refractivity contribution in [2.45, 2.75) is 0 Å². The third-order valence-corrected chi connectivity index (χ3v) is 4.79. The maximum absolute atomic E-state index is 12.4. The molecular weight excluding hydrogens is 388 g/mol. The van der Waals surface area contributed by atoms with E-state index in [1.165, 1.54) is 0 Å². The molecule has 31 heavy (non-hydrogen) atoms. The monoisotopic (exact) mass is 406 g/mol. The standard InChI is InChI=1S/C24H18N6O/c31-23(16-5-2-1-3-6-16)28-18-7-4-8-19(14-18)29-24-25-12-11-20(30-24)17-9-10-21-22(13-17)27-15-26-21/h1-15H,(H,26,27)(H,28,31)(H,25,29,30). The Morgan fingerprint density at radius 3 is 2.61 bits per heavy atom. The highest BCUT2D eigenvalue weighted by atomic mass is 16.1. The summed E-state index contributed by atoms with van der Waals surface area (Å²) in [7, 11) is 0. The van der Waals surface area contributed by atoms with Crippen molar-refractivity contribution in [3.05, 3.63) is 97.0 Å².